The van der Waals surface area contributed by atoms with Gasteiger partial charge in [0.25, 0.3) is 0 Å². The minimum atomic E-state index is -1.29. The maximum atomic E-state index is 2.62. The van der Waals surface area contributed by atoms with Crippen LogP contribution in [0.4, 0.5) is 0 Å². The van der Waals surface area contributed by atoms with Gasteiger partial charge in [-0.2, -0.15) is 0 Å². The second-order valence-electron chi connectivity index (χ2n) is 10.7. The maximum Gasteiger partial charge on any atom is 0.220 e. The Hall–Kier alpha value is -1.93. The van der Waals surface area contributed by atoms with Gasteiger partial charge in [-0.25, -0.2) is 4.57 Å². The summed E-state index contributed by atoms with van der Waals surface area (Å²) in [6, 6.07) is 17.8. The van der Waals surface area contributed by atoms with E-state index in [1.807, 2.05) is 0 Å². The predicted octanol–water partition coefficient (Wildman–Crippen LogP) is 7.08. The standard InChI is InChI=1S/C29H38NSi/c1-21-18-25(23-10-6-7-11-23)20-28(22(21)2)29-27-13-12-26(19-24(27)14-15-30(29)3)31(4)16-8-5-9-17-31/h12-15,18-20,23H,5-11,16-17H2,1-4H3/q+1. The molecule has 2 heterocycles. The molecule has 0 atom stereocenters. The van der Waals surface area contributed by atoms with Gasteiger partial charge in [0, 0.05) is 6.07 Å². The van der Waals surface area contributed by atoms with Gasteiger partial charge >= 0.3 is 0 Å². The lowest BCUT2D eigenvalue weighted by Crippen LogP contribution is -2.45. The topological polar surface area (TPSA) is 3.88 Å². The highest BCUT2D eigenvalue weighted by Crippen LogP contribution is 2.38. The first-order valence-corrected chi connectivity index (χ1v) is 15.4. The molecule has 2 fully saturated rings. The van der Waals surface area contributed by atoms with Crippen LogP contribution in [0.3, 0.4) is 0 Å². The first kappa shape index (κ1) is 20.9. The fourth-order valence-electron chi connectivity index (χ4n) is 6.33. The summed E-state index contributed by atoms with van der Waals surface area (Å²) in [6.45, 7) is 7.23. The van der Waals surface area contributed by atoms with Gasteiger partial charge in [0.15, 0.2) is 6.20 Å². The molecule has 2 aromatic carbocycles. The highest BCUT2D eigenvalue weighted by Gasteiger charge is 2.32. The molecule has 1 saturated carbocycles. The predicted molar refractivity (Wildman–Crippen MR) is 136 cm³/mol. The average Bonchev–Trinajstić information content (AvgIpc) is 3.31. The third-order valence-corrected chi connectivity index (χ3v) is 13.2. The van der Waals surface area contributed by atoms with Gasteiger partial charge in [0.1, 0.15) is 7.05 Å². The molecule has 2 aliphatic rings. The second-order valence-corrected chi connectivity index (χ2v) is 15.4. The molecule has 1 saturated heterocycles. The molecule has 1 aliphatic heterocycles. The van der Waals surface area contributed by atoms with E-state index in [1.165, 1.54) is 90.2 Å². The van der Waals surface area contributed by atoms with Gasteiger partial charge in [0.2, 0.25) is 5.69 Å². The van der Waals surface area contributed by atoms with Crippen LogP contribution in [0.2, 0.25) is 18.6 Å². The van der Waals surface area contributed by atoms with Crippen molar-refractivity contribution in [2.45, 2.75) is 83.3 Å². The van der Waals surface area contributed by atoms with Crippen LogP contribution in [0.1, 0.15) is 67.6 Å². The minimum Gasteiger partial charge on any atom is -0.200 e. The maximum absolute atomic E-state index is 2.62. The number of fused-ring (bicyclic) bond motifs is 1. The van der Waals surface area contributed by atoms with E-state index in [2.05, 4.69) is 74.6 Å². The van der Waals surface area contributed by atoms with Crippen LogP contribution in [0.25, 0.3) is 22.0 Å². The van der Waals surface area contributed by atoms with Gasteiger partial charge in [0.05, 0.1) is 19.0 Å². The van der Waals surface area contributed by atoms with Crippen molar-refractivity contribution < 1.29 is 4.57 Å². The van der Waals surface area contributed by atoms with Crippen LogP contribution in [-0.4, -0.2) is 8.07 Å². The molecule has 5 rings (SSSR count). The van der Waals surface area contributed by atoms with Crippen molar-refractivity contribution in [2.75, 3.05) is 0 Å². The van der Waals surface area contributed by atoms with E-state index >= 15 is 0 Å². The number of hydrogen-bond donors (Lipinski definition) is 0. The molecular weight excluding hydrogens is 390 g/mol. The lowest BCUT2D eigenvalue weighted by Gasteiger charge is -2.32. The molecule has 0 unspecified atom stereocenters. The summed E-state index contributed by atoms with van der Waals surface area (Å²) in [4.78, 5) is 0. The number of pyridine rings is 1. The van der Waals surface area contributed by atoms with E-state index in [0.29, 0.717) is 0 Å². The van der Waals surface area contributed by atoms with Gasteiger partial charge in [-0.1, -0.05) is 74.1 Å². The summed E-state index contributed by atoms with van der Waals surface area (Å²) < 4.78 is 2.35. The molecule has 1 aliphatic carbocycles. The highest BCUT2D eigenvalue weighted by atomic mass is 28.3. The molecular formula is C29H38NSi+. The molecule has 0 bridgehead atoms. The van der Waals surface area contributed by atoms with E-state index in [0.717, 1.165) is 5.92 Å². The summed E-state index contributed by atoms with van der Waals surface area (Å²) in [5, 5.41) is 4.51. The normalized spacial score (nSPS) is 19.2. The molecule has 0 amide bonds. The molecule has 1 aromatic heterocycles. The zero-order chi connectivity index (χ0) is 21.6. The van der Waals surface area contributed by atoms with Gasteiger partial charge in [-0.05, 0) is 66.8 Å². The zero-order valence-corrected chi connectivity index (χ0v) is 20.9. The fourth-order valence-corrected chi connectivity index (χ4v) is 10.2. The van der Waals surface area contributed by atoms with Crippen LogP contribution in [-0.2, 0) is 7.05 Å². The van der Waals surface area contributed by atoms with Gasteiger partial charge in [-0.3, -0.25) is 0 Å². The van der Waals surface area contributed by atoms with Crippen LogP contribution < -0.4 is 9.75 Å². The number of benzene rings is 2. The van der Waals surface area contributed by atoms with Crippen molar-refractivity contribution in [2.24, 2.45) is 7.05 Å². The molecule has 0 N–H and O–H groups in total. The Morgan fingerprint density at radius 1 is 0.871 bits per heavy atom. The SMILES string of the molecule is Cc1cc(C2CCCC2)cc(-c2c3ccc([Si]4(C)CCCCC4)cc3cc[n+]2C)c1C. The summed E-state index contributed by atoms with van der Waals surface area (Å²) in [5.41, 5.74) is 7.26. The first-order valence-electron chi connectivity index (χ1n) is 12.5. The summed E-state index contributed by atoms with van der Waals surface area (Å²) in [7, 11) is 0.926. The lowest BCUT2D eigenvalue weighted by molar-refractivity contribution is -0.659. The first-order chi connectivity index (χ1) is 15.0. The van der Waals surface area contributed by atoms with Crippen molar-refractivity contribution in [3.8, 4) is 11.3 Å². The van der Waals surface area contributed by atoms with E-state index in [1.54, 1.807) is 10.8 Å². The Morgan fingerprint density at radius 3 is 2.35 bits per heavy atom. The summed E-state index contributed by atoms with van der Waals surface area (Å²) in [6.07, 6.45) is 12.1. The lowest BCUT2D eigenvalue weighted by atomic mass is 9.89. The number of nitrogens with zero attached hydrogens (tertiary/aromatic N) is 1. The molecule has 1 nitrogen and oxygen atoms in total. The van der Waals surface area contributed by atoms with Crippen LogP contribution in [0.15, 0.2) is 42.6 Å². The van der Waals surface area contributed by atoms with E-state index in [-0.39, 0.29) is 0 Å². The smallest absolute Gasteiger partial charge is 0.200 e. The third kappa shape index (κ3) is 3.78. The number of rotatable bonds is 3. The van der Waals surface area contributed by atoms with Gasteiger partial charge < -0.3 is 0 Å². The minimum absolute atomic E-state index is 0.752. The van der Waals surface area contributed by atoms with Crippen LogP contribution >= 0.6 is 0 Å². The Labute approximate surface area is 189 Å². The Bertz CT molecular complexity index is 1120. The van der Waals surface area contributed by atoms with Crippen molar-refractivity contribution in [1.82, 2.24) is 0 Å². The monoisotopic (exact) mass is 428 g/mol. The molecule has 31 heavy (non-hydrogen) atoms. The van der Waals surface area contributed by atoms with Crippen molar-refractivity contribution in [1.29, 1.82) is 0 Å². The zero-order valence-electron chi connectivity index (χ0n) is 19.9. The third-order valence-electron chi connectivity index (χ3n) is 8.56. The Morgan fingerprint density at radius 2 is 1.61 bits per heavy atom. The summed E-state index contributed by atoms with van der Waals surface area (Å²) in [5.74, 6) is 0.752. The van der Waals surface area contributed by atoms with Crippen molar-refractivity contribution >= 4 is 24.0 Å². The van der Waals surface area contributed by atoms with Gasteiger partial charge in [-0.15, -0.1) is 0 Å². The molecule has 0 radical (unpaired) electrons. The largest absolute Gasteiger partial charge is 0.220 e. The highest BCUT2D eigenvalue weighted by molar-refractivity contribution is 6.91. The number of aromatic nitrogens is 1. The van der Waals surface area contributed by atoms with E-state index < -0.39 is 8.07 Å². The molecule has 162 valence electrons. The van der Waals surface area contributed by atoms with E-state index in [4.69, 9.17) is 0 Å². The van der Waals surface area contributed by atoms with E-state index in [9.17, 15) is 0 Å². The van der Waals surface area contributed by atoms with Crippen LogP contribution in [0.5, 0.6) is 0 Å². The average molecular weight is 429 g/mol. The van der Waals surface area contributed by atoms with Crippen molar-refractivity contribution in [3.05, 3.63) is 59.3 Å². The Balaban J connectivity index is 1.65. The number of aryl methyl sites for hydroxylation is 2. The van der Waals surface area contributed by atoms with Crippen molar-refractivity contribution in [3.63, 3.8) is 0 Å². The fraction of sp³-hybridized carbons (Fsp3) is 0.483. The quantitative estimate of drug-likeness (QED) is 0.310. The van der Waals surface area contributed by atoms with Crippen LogP contribution in [0, 0.1) is 13.8 Å². The molecule has 2 heteroatoms. The Kier molecular flexibility index (Phi) is 5.54. The summed E-state index contributed by atoms with van der Waals surface area (Å²) >= 11 is 0. The second kappa shape index (κ2) is 8.20. The number of hydrogen-bond acceptors (Lipinski definition) is 0. The molecule has 3 aromatic rings. The molecule has 0 spiro atoms.